The second-order valence-electron chi connectivity index (χ2n) is 11.2. The Bertz CT molecular complexity index is 1590. The maximum atomic E-state index is 13.7. The van der Waals surface area contributed by atoms with Gasteiger partial charge in [-0.1, -0.05) is 50.2 Å². The number of nitrogens with zero attached hydrogens (tertiary/aromatic N) is 2. The number of fused-ring (bicyclic) bond motifs is 1. The second-order valence-corrected chi connectivity index (χ2v) is 13.2. The molecule has 12 heteroatoms. The van der Waals surface area contributed by atoms with E-state index in [1.165, 1.54) is 14.0 Å². The molecule has 1 amide bonds. The lowest BCUT2D eigenvalue weighted by molar-refractivity contribution is -0.110. The normalized spacial score (nSPS) is 14.9. The molecule has 0 aromatic heterocycles. The van der Waals surface area contributed by atoms with Gasteiger partial charge in [-0.2, -0.15) is 0 Å². The van der Waals surface area contributed by atoms with Crippen LogP contribution in [0.25, 0.3) is 10.8 Å². The number of ether oxygens (including phenoxy) is 3. The van der Waals surface area contributed by atoms with Crippen LogP contribution in [0, 0.1) is 0 Å². The molecule has 1 saturated heterocycles. The molecule has 3 aromatic carbocycles. The van der Waals surface area contributed by atoms with E-state index in [1.807, 2.05) is 45.0 Å². The highest BCUT2D eigenvalue weighted by Crippen LogP contribution is 2.39. The molecule has 4 rings (SSSR count). The summed E-state index contributed by atoms with van der Waals surface area (Å²) in [5.41, 5.74) is 0.952. The van der Waals surface area contributed by atoms with Gasteiger partial charge in [-0.3, -0.25) is 14.4 Å². The van der Waals surface area contributed by atoms with Crippen molar-refractivity contribution in [3.05, 3.63) is 59.7 Å². The highest BCUT2D eigenvalue weighted by molar-refractivity contribution is 7.92. The predicted octanol–water partition coefficient (Wildman–Crippen LogP) is 4.44. The molecule has 0 saturated carbocycles. The molecule has 3 aromatic rings. The third-order valence-electron chi connectivity index (χ3n) is 7.28. The summed E-state index contributed by atoms with van der Waals surface area (Å²) in [7, 11) is -2.26. The Morgan fingerprint density at radius 2 is 1.74 bits per heavy atom. The Labute approximate surface area is 252 Å². The number of hydrogen-bond acceptors (Lipinski definition) is 9. The Kier molecular flexibility index (Phi) is 10.2. The van der Waals surface area contributed by atoms with Crippen molar-refractivity contribution < 1.29 is 32.6 Å². The summed E-state index contributed by atoms with van der Waals surface area (Å²) in [6.45, 7) is 11.8. The van der Waals surface area contributed by atoms with Gasteiger partial charge in [0.15, 0.2) is 11.5 Å². The number of oxime groups is 1. The Hall–Kier alpha value is -3.87. The van der Waals surface area contributed by atoms with Gasteiger partial charge in [0, 0.05) is 30.6 Å². The highest BCUT2D eigenvalue weighted by Gasteiger charge is 2.25. The van der Waals surface area contributed by atoms with Crippen LogP contribution in [0.3, 0.4) is 0 Å². The van der Waals surface area contributed by atoms with Crippen LogP contribution in [-0.4, -0.2) is 82.5 Å². The number of morpholine rings is 1. The van der Waals surface area contributed by atoms with E-state index in [0.717, 1.165) is 30.6 Å². The van der Waals surface area contributed by atoms with E-state index >= 15 is 0 Å². The Morgan fingerprint density at radius 1 is 1.07 bits per heavy atom. The van der Waals surface area contributed by atoms with Crippen LogP contribution in [0.4, 0.5) is 11.4 Å². The molecule has 0 spiro atoms. The lowest BCUT2D eigenvalue weighted by atomic mass is 9.86. The number of anilines is 2. The molecule has 0 aliphatic carbocycles. The van der Waals surface area contributed by atoms with Crippen molar-refractivity contribution in [1.29, 1.82) is 0 Å². The predicted molar refractivity (Wildman–Crippen MR) is 168 cm³/mol. The van der Waals surface area contributed by atoms with E-state index in [9.17, 15) is 18.4 Å². The van der Waals surface area contributed by atoms with Gasteiger partial charge in [-0.15, -0.1) is 0 Å². The average molecular weight is 613 g/mol. The van der Waals surface area contributed by atoms with Crippen molar-refractivity contribution in [2.75, 3.05) is 62.4 Å². The Morgan fingerprint density at radius 3 is 2.37 bits per heavy atom. The van der Waals surface area contributed by atoms with Gasteiger partial charge in [0.25, 0.3) is 5.91 Å². The van der Waals surface area contributed by atoms with Gasteiger partial charge >= 0.3 is 0 Å². The molecule has 0 atom stereocenters. The first kappa shape index (κ1) is 32.1. The van der Waals surface area contributed by atoms with Crippen LogP contribution in [0.2, 0.25) is 0 Å². The molecule has 1 fully saturated rings. The van der Waals surface area contributed by atoms with Crippen molar-refractivity contribution in [3.63, 3.8) is 0 Å². The number of carbonyl (C=O) groups excluding carboxylic acids is 1. The number of benzene rings is 3. The maximum absolute atomic E-state index is 13.7. The second kappa shape index (κ2) is 13.6. The van der Waals surface area contributed by atoms with E-state index in [4.69, 9.17) is 14.2 Å². The molecular weight excluding hydrogens is 572 g/mol. The standard InChI is InChI=1S/C31H40N4O7S/c1-6-43(38,39)34-26-20-21(31(2,3)4)19-25(29(26)40-5)32-30(36)28(33-37)24-11-12-27(23-10-8-7-9-22(23)24)42-18-15-35-13-16-41-17-14-35/h7-12,19-20,34,37H,6,13-18H2,1-5H3,(H,32,36)/b33-28-. The molecule has 1 aliphatic rings. The third-order valence-corrected chi connectivity index (χ3v) is 8.57. The fourth-order valence-corrected chi connectivity index (χ4v) is 5.44. The van der Waals surface area contributed by atoms with Gasteiger partial charge in [0.05, 0.1) is 37.5 Å². The van der Waals surface area contributed by atoms with Crippen molar-refractivity contribution in [2.45, 2.75) is 33.1 Å². The summed E-state index contributed by atoms with van der Waals surface area (Å²) in [4.78, 5) is 15.9. The number of hydrogen-bond donors (Lipinski definition) is 3. The molecule has 3 N–H and O–H groups in total. The van der Waals surface area contributed by atoms with Gasteiger partial charge in [-0.05, 0) is 47.6 Å². The molecule has 232 valence electrons. The number of amides is 1. The zero-order chi connectivity index (χ0) is 31.2. The van der Waals surface area contributed by atoms with E-state index < -0.39 is 15.9 Å². The summed E-state index contributed by atoms with van der Waals surface area (Å²) in [5.74, 6) is -0.0663. The zero-order valence-electron chi connectivity index (χ0n) is 25.3. The summed E-state index contributed by atoms with van der Waals surface area (Å²) in [6, 6.07) is 14.3. The van der Waals surface area contributed by atoms with Crippen molar-refractivity contribution in [3.8, 4) is 11.5 Å². The van der Waals surface area contributed by atoms with Gasteiger partial charge in [0.2, 0.25) is 10.0 Å². The van der Waals surface area contributed by atoms with Crippen molar-refractivity contribution in [2.24, 2.45) is 5.16 Å². The number of sulfonamides is 1. The molecule has 0 unspecified atom stereocenters. The minimum absolute atomic E-state index is 0.129. The third kappa shape index (κ3) is 7.75. The average Bonchev–Trinajstić information content (AvgIpc) is 2.98. The number of methoxy groups -OCH3 is 1. The van der Waals surface area contributed by atoms with Crippen LogP contribution in [0.5, 0.6) is 11.5 Å². The fraction of sp³-hybridized carbons (Fsp3) is 0.419. The van der Waals surface area contributed by atoms with E-state index in [0.29, 0.717) is 36.5 Å². The van der Waals surface area contributed by atoms with Crippen molar-refractivity contribution in [1.82, 2.24) is 4.90 Å². The molecule has 0 bridgehead atoms. The molecule has 1 heterocycles. The summed E-state index contributed by atoms with van der Waals surface area (Å²) >= 11 is 0. The Balaban J connectivity index is 1.65. The summed E-state index contributed by atoms with van der Waals surface area (Å²) in [6.07, 6.45) is 0. The van der Waals surface area contributed by atoms with Gasteiger partial charge in [-0.25, -0.2) is 8.42 Å². The molecule has 0 radical (unpaired) electrons. The number of nitrogens with one attached hydrogen (secondary N) is 2. The lowest BCUT2D eigenvalue weighted by Crippen LogP contribution is -2.38. The van der Waals surface area contributed by atoms with Crippen LogP contribution in [-0.2, 0) is 25.0 Å². The monoisotopic (exact) mass is 612 g/mol. The quantitative estimate of drug-likeness (QED) is 0.164. The number of carbonyl (C=O) groups is 1. The van der Waals surface area contributed by atoms with Crippen LogP contribution in [0.1, 0.15) is 38.8 Å². The van der Waals surface area contributed by atoms with E-state index in [2.05, 4.69) is 20.1 Å². The van der Waals surface area contributed by atoms with Crippen LogP contribution >= 0.6 is 0 Å². The highest BCUT2D eigenvalue weighted by atomic mass is 32.2. The SMILES string of the molecule is CCS(=O)(=O)Nc1cc(C(C)(C)C)cc(NC(=O)/C(=N\O)c2ccc(OCCN3CCOCC3)c3ccccc23)c1OC. The van der Waals surface area contributed by atoms with E-state index in [1.54, 1.807) is 24.3 Å². The van der Waals surface area contributed by atoms with E-state index in [-0.39, 0.29) is 34.0 Å². The van der Waals surface area contributed by atoms with Crippen LogP contribution in [0.15, 0.2) is 53.7 Å². The zero-order valence-corrected chi connectivity index (χ0v) is 26.1. The summed E-state index contributed by atoms with van der Waals surface area (Å²) < 4.78 is 44.5. The smallest absolute Gasteiger partial charge is 0.278 e. The fourth-order valence-electron chi connectivity index (χ4n) is 4.81. The van der Waals surface area contributed by atoms with Crippen LogP contribution < -0.4 is 19.5 Å². The molecular formula is C31H40N4O7S. The minimum Gasteiger partial charge on any atom is -0.492 e. The maximum Gasteiger partial charge on any atom is 0.278 e. The lowest BCUT2D eigenvalue weighted by Gasteiger charge is -2.26. The minimum atomic E-state index is -3.64. The van der Waals surface area contributed by atoms with Gasteiger partial charge in [0.1, 0.15) is 12.4 Å². The topological polar surface area (TPSA) is 139 Å². The molecule has 43 heavy (non-hydrogen) atoms. The summed E-state index contributed by atoms with van der Waals surface area (Å²) in [5, 5.41) is 17.6. The number of rotatable bonds is 11. The van der Waals surface area contributed by atoms with Crippen molar-refractivity contribution >= 4 is 43.8 Å². The molecule has 1 aliphatic heterocycles. The molecule has 11 nitrogen and oxygen atoms in total. The first-order chi connectivity index (χ1) is 20.5. The first-order valence-corrected chi connectivity index (χ1v) is 15.8. The first-order valence-electron chi connectivity index (χ1n) is 14.2. The van der Waals surface area contributed by atoms with Gasteiger partial charge < -0.3 is 24.7 Å². The largest absolute Gasteiger partial charge is 0.492 e.